The summed E-state index contributed by atoms with van der Waals surface area (Å²) in [6, 6.07) is 8.50. The smallest absolute Gasteiger partial charge is 0.193 e. The lowest BCUT2D eigenvalue weighted by molar-refractivity contribution is -0.0318. The molecule has 0 amide bonds. The van der Waals surface area contributed by atoms with Crippen molar-refractivity contribution >= 4 is 29.9 Å². The largest absolute Gasteiger partial charge is 0.381 e. The zero-order chi connectivity index (χ0) is 17.9. The molecule has 6 heteroatoms. The highest BCUT2D eigenvalue weighted by Crippen LogP contribution is 2.11. The first-order chi connectivity index (χ1) is 12.2. The van der Waals surface area contributed by atoms with Crippen LogP contribution < -0.4 is 5.32 Å². The normalized spacial score (nSPS) is 15.4. The van der Waals surface area contributed by atoms with Crippen LogP contribution in [0.2, 0.25) is 0 Å². The Bertz CT molecular complexity index is 534. The van der Waals surface area contributed by atoms with Gasteiger partial charge in [-0.2, -0.15) is 0 Å². The topological polar surface area (TPSA) is 46.1 Å². The summed E-state index contributed by atoms with van der Waals surface area (Å²) < 4.78 is 11.3. The number of hydrogen-bond acceptors (Lipinski definition) is 3. The Balaban J connectivity index is 0.00000338. The standard InChI is InChI=1S/C20H33N3O2.HI/c1-4-21-20(23(3)16-18-9-6-5-8-17(18)2)22-12-7-13-25-19-10-14-24-15-11-19;/h5-6,8-9,19H,4,7,10-16H2,1-3H3,(H,21,22);1H. The van der Waals surface area contributed by atoms with Crippen molar-refractivity contribution in [3.63, 3.8) is 0 Å². The second kappa shape index (κ2) is 13.3. The molecule has 1 fully saturated rings. The number of halogens is 1. The van der Waals surface area contributed by atoms with Gasteiger partial charge in [-0.1, -0.05) is 24.3 Å². The van der Waals surface area contributed by atoms with Gasteiger partial charge in [0.1, 0.15) is 0 Å². The summed E-state index contributed by atoms with van der Waals surface area (Å²) in [6.07, 6.45) is 3.36. The zero-order valence-corrected chi connectivity index (χ0v) is 18.7. The van der Waals surface area contributed by atoms with E-state index in [9.17, 15) is 0 Å². The highest BCUT2D eigenvalue weighted by atomic mass is 127. The molecule has 26 heavy (non-hydrogen) atoms. The van der Waals surface area contributed by atoms with Gasteiger partial charge < -0.3 is 19.7 Å². The van der Waals surface area contributed by atoms with Gasteiger partial charge in [-0.05, 0) is 44.2 Å². The van der Waals surface area contributed by atoms with E-state index in [0.29, 0.717) is 6.10 Å². The van der Waals surface area contributed by atoms with Crippen LogP contribution in [0.5, 0.6) is 0 Å². The van der Waals surface area contributed by atoms with Crippen LogP contribution in [0.25, 0.3) is 0 Å². The molecule has 1 heterocycles. The Morgan fingerprint density at radius 3 is 2.73 bits per heavy atom. The van der Waals surface area contributed by atoms with Crippen molar-refractivity contribution in [1.82, 2.24) is 10.2 Å². The molecule has 1 N–H and O–H groups in total. The highest BCUT2D eigenvalue weighted by Gasteiger charge is 2.13. The molecule has 0 aliphatic carbocycles. The third kappa shape index (κ3) is 8.22. The van der Waals surface area contributed by atoms with Gasteiger partial charge >= 0.3 is 0 Å². The number of nitrogens with zero attached hydrogens (tertiary/aromatic N) is 2. The maximum Gasteiger partial charge on any atom is 0.193 e. The zero-order valence-electron chi connectivity index (χ0n) is 16.4. The summed E-state index contributed by atoms with van der Waals surface area (Å²) in [4.78, 5) is 6.93. The molecule has 0 bridgehead atoms. The molecule has 0 saturated carbocycles. The molecule has 0 radical (unpaired) electrons. The minimum atomic E-state index is 0. The maximum absolute atomic E-state index is 5.91. The van der Waals surface area contributed by atoms with Crippen molar-refractivity contribution in [3.05, 3.63) is 35.4 Å². The molecular formula is C20H34IN3O2. The highest BCUT2D eigenvalue weighted by molar-refractivity contribution is 14.0. The Hall–Kier alpha value is -0.860. The number of aliphatic imine (C=N–C) groups is 1. The van der Waals surface area contributed by atoms with E-state index in [-0.39, 0.29) is 24.0 Å². The van der Waals surface area contributed by atoms with E-state index in [4.69, 9.17) is 14.5 Å². The van der Waals surface area contributed by atoms with Gasteiger partial charge in [0.15, 0.2) is 5.96 Å². The van der Waals surface area contributed by atoms with Crippen LogP contribution in [0, 0.1) is 6.92 Å². The van der Waals surface area contributed by atoms with Gasteiger partial charge in [0.25, 0.3) is 0 Å². The van der Waals surface area contributed by atoms with Crippen LogP contribution in [-0.2, 0) is 16.0 Å². The first kappa shape index (κ1) is 23.2. The predicted octanol–water partition coefficient (Wildman–Crippen LogP) is 3.60. The lowest BCUT2D eigenvalue weighted by Gasteiger charge is -2.23. The van der Waals surface area contributed by atoms with Gasteiger partial charge in [0, 0.05) is 46.5 Å². The van der Waals surface area contributed by atoms with Crippen LogP contribution in [0.3, 0.4) is 0 Å². The Labute approximate surface area is 175 Å². The first-order valence-electron chi connectivity index (χ1n) is 9.44. The molecule has 0 aromatic heterocycles. The van der Waals surface area contributed by atoms with Gasteiger partial charge in [-0.15, -0.1) is 24.0 Å². The van der Waals surface area contributed by atoms with Crippen LogP contribution in [0.4, 0.5) is 0 Å². The number of hydrogen-bond donors (Lipinski definition) is 1. The fourth-order valence-electron chi connectivity index (χ4n) is 2.93. The number of guanidine groups is 1. The van der Waals surface area contributed by atoms with Crippen LogP contribution in [0.15, 0.2) is 29.3 Å². The van der Waals surface area contributed by atoms with Crippen LogP contribution in [-0.4, -0.2) is 56.9 Å². The molecule has 0 spiro atoms. The molecule has 1 aliphatic rings. The Morgan fingerprint density at radius 1 is 1.31 bits per heavy atom. The Morgan fingerprint density at radius 2 is 2.04 bits per heavy atom. The van der Waals surface area contributed by atoms with Gasteiger partial charge in [-0.3, -0.25) is 4.99 Å². The molecule has 1 aliphatic heterocycles. The molecular weight excluding hydrogens is 441 g/mol. The SMILES string of the molecule is CCNC(=NCCCOC1CCOCC1)N(C)Cc1ccccc1C.I. The fraction of sp³-hybridized carbons (Fsp3) is 0.650. The molecule has 1 saturated heterocycles. The number of ether oxygens (including phenoxy) is 2. The second-order valence-electron chi connectivity index (χ2n) is 6.55. The molecule has 0 unspecified atom stereocenters. The molecule has 148 valence electrons. The number of benzene rings is 1. The minimum Gasteiger partial charge on any atom is -0.381 e. The predicted molar refractivity (Wildman–Crippen MR) is 118 cm³/mol. The summed E-state index contributed by atoms with van der Waals surface area (Å²) in [7, 11) is 2.09. The minimum absolute atomic E-state index is 0. The quantitative estimate of drug-likeness (QED) is 0.270. The molecule has 1 aromatic carbocycles. The van der Waals surface area contributed by atoms with E-state index in [1.807, 2.05) is 0 Å². The number of aryl methyl sites for hydroxylation is 1. The molecule has 2 rings (SSSR count). The summed E-state index contributed by atoms with van der Waals surface area (Å²) in [5, 5.41) is 3.38. The van der Waals surface area contributed by atoms with Gasteiger partial charge in [-0.25, -0.2) is 0 Å². The van der Waals surface area contributed by atoms with Crippen molar-refractivity contribution in [2.75, 3.05) is 40.0 Å². The lowest BCUT2D eigenvalue weighted by atomic mass is 10.1. The molecule has 1 aromatic rings. The average Bonchev–Trinajstić information content (AvgIpc) is 2.63. The van der Waals surface area contributed by atoms with Crippen molar-refractivity contribution in [2.24, 2.45) is 4.99 Å². The van der Waals surface area contributed by atoms with E-state index >= 15 is 0 Å². The van der Waals surface area contributed by atoms with E-state index in [1.165, 1.54) is 11.1 Å². The second-order valence-corrected chi connectivity index (χ2v) is 6.55. The van der Waals surface area contributed by atoms with Crippen molar-refractivity contribution in [1.29, 1.82) is 0 Å². The monoisotopic (exact) mass is 475 g/mol. The number of nitrogens with one attached hydrogen (secondary N) is 1. The first-order valence-corrected chi connectivity index (χ1v) is 9.44. The van der Waals surface area contributed by atoms with Crippen molar-refractivity contribution in [3.8, 4) is 0 Å². The summed E-state index contributed by atoms with van der Waals surface area (Å²) >= 11 is 0. The molecule has 5 nitrogen and oxygen atoms in total. The maximum atomic E-state index is 5.91. The van der Waals surface area contributed by atoms with Crippen molar-refractivity contribution < 1.29 is 9.47 Å². The Kier molecular flexibility index (Phi) is 11.9. The summed E-state index contributed by atoms with van der Waals surface area (Å²) in [5.41, 5.74) is 2.65. The van der Waals surface area contributed by atoms with E-state index in [0.717, 1.165) is 64.7 Å². The van der Waals surface area contributed by atoms with Crippen LogP contribution >= 0.6 is 24.0 Å². The number of rotatable bonds is 8. The average molecular weight is 475 g/mol. The van der Waals surface area contributed by atoms with E-state index in [2.05, 4.69) is 55.4 Å². The summed E-state index contributed by atoms with van der Waals surface area (Å²) in [6.45, 7) is 9.20. The third-order valence-electron chi connectivity index (χ3n) is 4.45. The van der Waals surface area contributed by atoms with E-state index < -0.39 is 0 Å². The molecule has 0 atom stereocenters. The lowest BCUT2D eigenvalue weighted by Crippen LogP contribution is -2.38. The van der Waals surface area contributed by atoms with Gasteiger partial charge in [0.2, 0.25) is 0 Å². The fourth-order valence-corrected chi connectivity index (χ4v) is 2.93. The van der Waals surface area contributed by atoms with Crippen molar-refractivity contribution in [2.45, 2.75) is 45.8 Å². The third-order valence-corrected chi connectivity index (χ3v) is 4.45. The van der Waals surface area contributed by atoms with Gasteiger partial charge in [0.05, 0.1) is 6.10 Å². The van der Waals surface area contributed by atoms with Crippen LogP contribution in [0.1, 0.15) is 37.3 Å². The van der Waals surface area contributed by atoms with E-state index in [1.54, 1.807) is 0 Å². The summed E-state index contributed by atoms with van der Waals surface area (Å²) in [5.74, 6) is 0.955.